The normalized spacial score (nSPS) is 15.1. The summed E-state index contributed by atoms with van der Waals surface area (Å²) in [7, 11) is 1.82. The molecule has 0 N–H and O–H groups in total. The van der Waals surface area contributed by atoms with Crippen LogP contribution in [-0.2, 0) is 23.2 Å². The van der Waals surface area contributed by atoms with Crippen LogP contribution < -0.4 is 4.90 Å². The molecule has 7 heteroatoms. The smallest absolute Gasteiger partial charge is 0.246 e. The van der Waals surface area contributed by atoms with Crippen molar-refractivity contribution in [1.29, 1.82) is 0 Å². The SMILES string of the molecule is Cc1cc2ccccc2n1CC(=O)N1CCN(c2cnn(C)c2)C(=O)C1. The first kappa shape index (κ1) is 16.4. The van der Waals surface area contributed by atoms with Crippen molar-refractivity contribution in [3.63, 3.8) is 0 Å². The molecule has 1 fully saturated rings. The highest BCUT2D eigenvalue weighted by atomic mass is 16.2. The van der Waals surface area contributed by atoms with E-state index < -0.39 is 0 Å². The van der Waals surface area contributed by atoms with Gasteiger partial charge in [-0.2, -0.15) is 5.10 Å². The fourth-order valence-corrected chi connectivity index (χ4v) is 3.50. The number of benzene rings is 1. The first-order valence-corrected chi connectivity index (χ1v) is 8.64. The van der Waals surface area contributed by atoms with E-state index in [9.17, 15) is 9.59 Å². The Hall–Kier alpha value is -3.09. The minimum Gasteiger partial charge on any atom is -0.335 e. The van der Waals surface area contributed by atoms with Gasteiger partial charge in [0.1, 0.15) is 13.1 Å². The van der Waals surface area contributed by atoms with Crippen LogP contribution in [0.5, 0.6) is 0 Å². The monoisotopic (exact) mass is 351 g/mol. The number of anilines is 1. The maximum Gasteiger partial charge on any atom is 0.246 e. The predicted octanol–water partition coefficient (Wildman–Crippen LogP) is 1.56. The van der Waals surface area contributed by atoms with Gasteiger partial charge in [0.2, 0.25) is 11.8 Å². The molecule has 3 heterocycles. The minimum absolute atomic E-state index is 0.0337. The average Bonchev–Trinajstić information content (AvgIpc) is 3.18. The van der Waals surface area contributed by atoms with Gasteiger partial charge >= 0.3 is 0 Å². The molecular formula is C19H21N5O2. The van der Waals surface area contributed by atoms with E-state index in [1.807, 2.05) is 49.0 Å². The predicted molar refractivity (Wildman–Crippen MR) is 98.8 cm³/mol. The molecule has 2 aromatic heterocycles. The molecule has 1 aliphatic rings. The average molecular weight is 351 g/mol. The van der Waals surface area contributed by atoms with E-state index in [2.05, 4.69) is 11.2 Å². The van der Waals surface area contributed by atoms with Crippen molar-refractivity contribution < 1.29 is 9.59 Å². The van der Waals surface area contributed by atoms with Crippen molar-refractivity contribution in [1.82, 2.24) is 19.2 Å². The lowest BCUT2D eigenvalue weighted by atomic mass is 10.2. The summed E-state index contributed by atoms with van der Waals surface area (Å²) in [5.74, 6) is -0.111. The van der Waals surface area contributed by atoms with Crippen molar-refractivity contribution in [3.05, 3.63) is 48.4 Å². The van der Waals surface area contributed by atoms with E-state index in [1.165, 1.54) is 0 Å². The summed E-state index contributed by atoms with van der Waals surface area (Å²) < 4.78 is 3.68. The van der Waals surface area contributed by atoms with Crippen molar-refractivity contribution in [2.24, 2.45) is 7.05 Å². The largest absolute Gasteiger partial charge is 0.335 e. The zero-order valence-corrected chi connectivity index (χ0v) is 14.9. The Kier molecular flexibility index (Phi) is 3.99. The number of aromatic nitrogens is 3. The highest BCUT2D eigenvalue weighted by Crippen LogP contribution is 2.20. The van der Waals surface area contributed by atoms with Gasteiger partial charge in [0.05, 0.1) is 11.9 Å². The first-order chi connectivity index (χ1) is 12.5. The minimum atomic E-state index is -0.0771. The third-order valence-corrected chi connectivity index (χ3v) is 4.89. The third-order valence-electron chi connectivity index (χ3n) is 4.89. The Bertz CT molecular complexity index is 987. The molecule has 1 aliphatic heterocycles. The van der Waals surface area contributed by atoms with Crippen LogP contribution in [0.1, 0.15) is 5.69 Å². The summed E-state index contributed by atoms with van der Waals surface area (Å²) in [6.07, 6.45) is 3.48. The van der Waals surface area contributed by atoms with E-state index in [0.717, 1.165) is 22.3 Å². The van der Waals surface area contributed by atoms with Gasteiger partial charge in [0.15, 0.2) is 0 Å². The summed E-state index contributed by atoms with van der Waals surface area (Å²) in [5.41, 5.74) is 2.86. The van der Waals surface area contributed by atoms with Gasteiger partial charge in [-0.25, -0.2) is 0 Å². The lowest BCUT2D eigenvalue weighted by Crippen LogP contribution is -2.53. The van der Waals surface area contributed by atoms with Crippen LogP contribution >= 0.6 is 0 Å². The molecule has 0 bridgehead atoms. The number of amides is 2. The second-order valence-corrected chi connectivity index (χ2v) is 6.66. The highest BCUT2D eigenvalue weighted by molar-refractivity contribution is 5.97. The summed E-state index contributed by atoms with van der Waals surface area (Å²) in [5, 5.41) is 5.23. The van der Waals surface area contributed by atoms with Crippen LogP contribution in [0, 0.1) is 6.92 Å². The molecule has 7 nitrogen and oxygen atoms in total. The molecule has 4 rings (SSSR count). The van der Waals surface area contributed by atoms with Crippen LogP contribution in [0.15, 0.2) is 42.7 Å². The third kappa shape index (κ3) is 2.85. The number of hydrogen-bond acceptors (Lipinski definition) is 3. The number of carbonyl (C=O) groups excluding carboxylic acids is 2. The Morgan fingerprint density at radius 3 is 2.77 bits per heavy atom. The van der Waals surface area contributed by atoms with Crippen molar-refractivity contribution in [3.8, 4) is 0 Å². The van der Waals surface area contributed by atoms with Gasteiger partial charge in [0, 0.05) is 37.5 Å². The van der Waals surface area contributed by atoms with E-state index in [0.29, 0.717) is 13.1 Å². The molecule has 0 unspecified atom stereocenters. The van der Waals surface area contributed by atoms with Crippen molar-refractivity contribution in [2.45, 2.75) is 13.5 Å². The van der Waals surface area contributed by atoms with Crippen LogP contribution in [0.25, 0.3) is 10.9 Å². The van der Waals surface area contributed by atoms with Crippen LogP contribution in [0.2, 0.25) is 0 Å². The topological polar surface area (TPSA) is 63.4 Å². The molecule has 0 radical (unpaired) electrons. The summed E-state index contributed by atoms with van der Waals surface area (Å²) in [4.78, 5) is 28.6. The van der Waals surface area contributed by atoms with E-state index >= 15 is 0 Å². The number of piperazine rings is 1. The fourth-order valence-electron chi connectivity index (χ4n) is 3.50. The Labute approximate surface area is 151 Å². The molecule has 0 saturated carbocycles. The van der Waals surface area contributed by atoms with E-state index in [-0.39, 0.29) is 24.9 Å². The highest BCUT2D eigenvalue weighted by Gasteiger charge is 2.29. The summed E-state index contributed by atoms with van der Waals surface area (Å²) in [6.45, 7) is 3.36. The lowest BCUT2D eigenvalue weighted by molar-refractivity contribution is -0.137. The van der Waals surface area contributed by atoms with E-state index in [4.69, 9.17) is 0 Å². The van der Waals surface area contributed by atoms with Crippen LogP contribution in [0.3, 0.4) is 0 Å². The first-order valence-electron chi connectivity index (χ1n) is 8.64. The number of aryl methyl sites for hydroxylation is 2. The molecule has 134 valence electrons. The standard InChI is InChI=1S/C19H21N5O2/c1-14-9-15-5-3-4-6-17(15)24(14)13-18(25)22-7-8-23(19(26)12-22)16-10-20-21(2)11-16/h3-6,9-11H,7-8,12-13H2,1-2H3. The van der Waals surface area contributed by atoms with Gasteiger partial charge in [-0.3, -0.25) is 14.3 Å². The number of fused-ring (bicyclic) bond motifs is 1. The van der Waals surface area contributed by atoms with Gasteiger partial charge in [-0.05, 0) is 24.4 Å². The van der Waals surface area contributed by atoms with Crippen LogP contribution in [-0.4, -0.2) is 50.7 Å². The quantitative estimate of drug-likeness (QED) is 0.719. The van der Waals surface area contributed by atoms with Gasteiger partial charge < -0.3 is 14.4 Å². The van der Waals surface area contributed by atoms with Crippen molar-refractivity contribution in [2.75, 3.05) is 24.5 Å². The second-order valence-electron chi connectivity index (χ2n) is 6.66. The number of nitrogens with zero attached hydrogens (tertiary/aromatic N) is 5. The molecule has 1 aromatic carbocycles. The zero-order chi connectivity index (χ0) is 18.3. The number of hydrogen-bond donors (Lipinski definition) is 0. The molecule has 2 amide bonds. The molecule has 1 saturated heterocycles. The summed E-state index contributed by atoms with van der Waals surface area (Å²) in [6, 6.07) is 10.1. The maximum atomic E-state index is 12.8. The number of para-hydroxylation sites is 1. The molecule has 3 aromatic rings. The zero-order valence-electron chi connectivity index (χ0n) is 14.9. The second kappa shape index (κ2) is 6.33. The molecule has 0 atom stereocenters. The van der Waals surface area contributed by atoms with Gasteiger partial charge in [-0.15, -0.1) is 0 Å². The number of rotatable bonds is 3. The number of carbonyl (C=O) groups is 2. The van der Waals surface area contributed by atoms with Crippen molar-refractivity contribution >= 4 is 28.4 Å². The molecular weight excluding hydrogens is 330 g/mol. The lowest BCUT2D eigenvalue weighted by Gasteiger charge is -2.33. The van der Waals surface area contributed by atoms with Gasteiger partial charge in [0.25, 0.3) is 0 Å². The van der Waals surface area contributed by atoms with Crippen LogP contribution in [0.4, 0.5) is 5.69 Å². The Morgan fingerprint density at radius 2 is 2.04 bits per heavy atom. The maximum absolute atomic E-state index is 12.8. The summed E-state index contributed by atoms with van der Waals surface area (Å²) >= 11 is 0. The Balaban J connectivity index is 1.48. The molecule has 0 spiro atoms. The fraction of sp³-hybridized carbons (Fsp3) is 0.316. The molecule has 0 aliphatic carbocycles. The Morgan fingerprint density at radius 1 is 1.23 bits per heavy atom. The molecule has 26 heavy (non-hydrogen) atoms. The van der Waals surface area contributed by atoms with E-state index in [1.54, 1.807) is 20.7 Å². The van der Waals surface area contributed by atoms with Gasteiger partial charge in [-0.1, -0.05) is 18.2 Å².